The molecule has 0 aliphatic rings. The van der Waals surface area contributed by atoms with Crippen LogP contribution in [0.5, 0.6) is 0 Å². The van der Waals surface area contributed by atoms with Crippen LogP contribution >= 0.6 is 0 Å². The van der Waals surface area contributed by atoms with E-state index in [0.717, 1.165) is 22.3 Å². The van der Waals surface area contributed by atoms with Gasteiger partial charge in [0.05, 0.1) is 18.5 Å². The Bertz CT molecular complexity index is 890. The Morgan fingerprint density at radius 3 is 2.76 bits per heavy atom. The number of hydrogen-bond donors (Lipinski definition) is 3. The number of carbonyl (C=O) groups is 2. The summed E-state index contributed by atoms with van der Waals surface area (Å²) in [6.07, 6.45) is 1.55. The van der Waals surface area contributed by atoms with E-state index >= 15 is 0 Å². The van der Waals surface area contributed by atoms with Gasteiger partial charge in [0.25, 0.3) is 0 Å². The van der Waals surface area contributed by atoms with Crippen molar-refractivity contribution in [1.82, 2.24) is 15.3 Å². The number of aromatic nitrogens is 2. The zero-order valence-electron chi connectivity index (χ0n) is 13.7. The fourth-order valence-corrected chi connectivity index (χ4v) is 2.40. The van der Waals surface area contributed by atoms with Gasteiger partial charge in [0.1, 0.15) is 12.2 Å². The minimum Gasteiger partial charge on any atom is -0.465 e. The molecule has 0 fully saturated rings. The number of nitrogens with zero attached hydrogens (tertiary/aromatic N) is 1. The molecule has 2 amide bonds. The van der Waals surface area contributed by atoms with Gasteiger partial charge in [-0.2, -0.15) is 0 Å². The second-order valence-corrected chi connectivity index (χ2v) is 5.32. The van der Waals surface area contributed by atoms with Crippen LogP contribution in [0.1, 0.15) is 6.92 Å². The number of fused-ring (bicyclic) bond motifs is 1. The Labute approximate surface area is 144 Å². The Balaban J connectivity index is 1.69. The van der Waals surface area contributed by atoms with Crippen LogP contribution in [0.3, 0.4) is 0 Å². The van der Waals surface area contributed by atoms with Gasteiger partial charge in [-0.3, -0.25) is 4.79 Å². The summed E-state index contributed by atoms with van der Waals surface area (Å²) in [5, 5.41) is 5.96. The van der Waals surface area contributed by atoms with E-state index < -0.39 is 12.0 Å². The lowest BCUT2D eigenvalue weighted by Crippen LogP contribution is -2.34. The number of nitrogens with one attached hydrogen (secondary N) is 3. The zero-order valence-corrected chi connectivity index (χ0v) is 13.7. The van der Waals surface area contributed by atoms with E-state index in [1.807, 2.05) is 42.5 Å². The van der Waals surface area contributed by atoms with E-state index in [1.54, 1.807) is 13.1 Å². The number of ether oxygens (including phenoxy) is 1. The first-order valence-electron chi connectivity index (χ1n) is 7.90. The Hall–Kier alpha value is -3.35. The molecule has 0 saturated heterocycles. The molecule has 0 unspecified atom stereocenters. The molecule has 0 spiro atoms. The number of pyridine rings is 1. The number of rotatable bonds is 5. The van der Waals surface area contributed by atoms with Crippen molar-refractivity contribution in [2.75, 3.05) is 18.5 Å². The van der Waals surface area contributed by atoms with E-state index in [4.69, 9.17) is 4.74 Å². The number of benzene rings is 1. The molecule has 0 bridgehead atoms. The molecular formula is C18H18N4O3. The van der Waals surface area contributed by atoms with Crippen molar-refractivity contribution in [3.63, 3.8) is 0 Å². The first kappa shape index (κ1) is 16.5. The number of amides is 2. The van der Waals surface area contributed by atoms with Gasteiger partial charge < -0.3 is 20.4 Å². The van der Waals surface area contributed by atoms with Crippen LogP contribution in [0.15, 0.2) is 48.7 Å². The van der Waals surface area contributed by atoms with Crippen LogP contribution in [0.25, 0.3) is 22.3 Å². The SMILES string of the molecule is CCOC(=O)CNC(=O)Nc1cnc2[nH]c(-c3ccccc3)cc2c1. The maximum atomic E-state index is 11.8. The van der Waals surface area contributed by atoms with E-state index in [-0.39, 0.29) is 13.2 Å². The average molecular weight is 338 g/mol. The molecule has 7 nitrogen and oxygen atoms in total. The Kier molecular flexibility index (Phi) is 4.94. The summed E-state index contributed by atoms with van der Waals surface area (Å²) in [7, 11) is 0. The molecule has 2 heterocycles. The monoisotopic (exact) mass is 338 g/mol. The fraction of sp³-hybridized carbons (Fsp3) is 0.167. The van der Waals surface area contributed by atoms with Gasteiger partial charge in [0.2, 0.25) is 0 Å². The van der Waals surface area contributed by atoms with Crippen molar-refractivity contribution in [2.24, 2.45) is 0 Å². The fourth-order valence-electron chi connectivity index (χ4n) is 2.40. The topological polar surface area (TPSA) is 96.1 Å². The van der Waals surface area contributed by atoms with Crippen LogP contribution in [0.2, 0.25) is 0 Å². The third-order valence-electron chi connectivity index (χ3n) is 3.51. The maximum absolute atomic E-state index is 11.8. The Morgan fingerprint density at radius 2 is 2.00 bits per heavy atom. The molecule has 0 saturated carbocycles. The molecule has 7 heteroatoms. The lowest BCUT2D eigenvalue weighted by Gasteiger charge is -2.07. The number of carbonyl (C=O) groups excluding carboxylic acids is 2. The summed E-state index contributed by atoms with van der Waals surface area (Å²) in [4.78, 5) is 30.6. The molecular weight excluding hydrogens is 320 g/mol. The third-order valence-corrected chi connectivity index (χ3v) is 3.51. The molecule has 3 N–H and O–H groups in total. The standard InChI is InChI=1S/C18H18N4O3/c1-2-25-16(23)11-20-18(24)21-14-8-13-9-15(22-17(13)19-10-14)12-6-4-3-5-7-12/h3-10H,2,11H2,1H3,(H,19,22)(H2,20,21,24). The van der Waals surface area contributed by atoms with Crippen LogP contribution in [0.4, 0.5) is 10.5 Å². The van der Waals surface area contributed by atoms with Crippen molar-refractivity contribution >= 4 is 28.7 Å². The van der Waals surface area contributed by atoms with E-state index in [0.29, 0.717) is 5.69 Å². The number of anilines is 1. The summed E-state index contributed by atoms with van der Waals surface area (Å²) in [5.74, 6) is -0.482. The van der Waals surface area contributed by atoms with Crippen molar-refractivity contribution in [3.8, 4) is 11.3 Å². The maximum Gasteiger partial charge on any atom is 0.325 e. The van der Waals surface area contributed by atoms with E-state index in [2.05, 4.69) is 20.6 Å². The van der Waals surface area contributed by atoms with Gasteiger partial charge in [0, 0.05) is 11.1 Å². The lowest BCUT2D eigenvalue weighted by molar-refractivity contribution is -0.141. The summed E-state index contributed by atoms with van der Waals surface area (Å²) < 4.78 is 4.75. The predicted molar refractivity (Wildman–Crippen MR) is 95.2 cm³/mol. The van der Waals surface area contributed by atoms with Gasteiger partial charge in [-0.05, 0) is 24.6 Å². The van der Waals surface area contributed by atoms with Gasteiger partial charge in [-0.25, -0.2) is 9.78 Å². The highest BCUT2D eigenvalue weighted by molar-refractivity contribution is 5.94. The lowest BCUT2D eigenvalue weighted by atomic mass is 10.1. The molecule has 1 aromatic carbocycles. The normalized spacial score (nSPS) is 10.4. The van der Waals surface area contributed by atoms with Gasteiger partial charge in [-0.15, -0.1) is 0 Å². The second kappa shape index (κ2) is 7.48. The second-order valence-electron chi connectivity index (χ2n) is 5.32. The van der Waals surface area contributed by atoms with Crippen LogP contribution in [0, 0.1) is 0 Å². The third kappa shape index (κ3) is 4.14. The summed E-state index contributed by atoms with van der Waals surface area (Å²) >= 11 is 0. The highest BCUT2D eigenvalue weighted by atomic mass is 16.5. The van der Waals surface area contributed by atoms with Crippen LogP contribution in [-0.4, -0.2) is 35.1 Å². The molecule has 0 atom stereocenters. The summed E-state index contributed by atoms with van der Waals surface area (Å²) in [5.41, 5.74) is 3.28. The number of urea groups is 1. The van der Waals surface area contributed by atoms with Crippen LogP contribution in [-0.2, 0) is 9.53 Å². The predicted octanol–water partition coefficient (Wildman–Crippen LogP) is 2.91. The van der Waals surface area contributed by atoms with Gasteiger partial charge in [-0.1, -0.05) is 30.3 Å². The van der Waals surface area contributed by atoms with Crippen molar-refractivity contribution < 1.29 is 14.3 Å². The molecule has 128 valence electrons. The molecule has 2 aromatic heterocycles. The number of hydrogen-bond acceptors (Lipinski definition) is 4. The number of H-pyrrole nitrogens is 1. The smallest absolute Gasteiger partial charge is 0.325 e. The Morgan fingerprint density at radius 1 is 1.20 bits per heavy atom. The summed E-state index contributed by atoms with van der Waals surface area (Å²) in [6, 6.07) is 13.2. The molecule has 0 aliphatic heterocycles. The zero-order chi connectivity index (χ0) is 17.6. The first-order valence-corrected chi connectivity index (χ1v) is 7.90. The van der Waals surface area contributed by atoms with Crippen LogP contribution < -0.4 is 10.6 Å². The quantitative estimate of drug-likeness (QED) is 0.623. The largest absolute Gasteiger partial charge is 0.465 e. The highest BCUT2D eigenvalue weighted by Gasteiger charge is 2.08. The van der Waals surface area contributed by atoms with Crippen molar-refractivity contribution in [2.45, 2.75) is 6.92 Å². The van der Waals surface area contributed by atoms with Gasteiger partial charge in [0.15, 0.2) is 0 Å². The molecule has 3 rings (SSSR count). The molecule has 3 aromatic rings. The average Bonchev–Trinajstić information content (AvgIpc) is 3.04. The van der Waals surface area contributed by atoms with E-state index in [1.165, 1.54) is 0 Å². The van der Waals surface area contributed by atoms with E-state index in [9.17, 15) is 9.59 Å². The highest BCUT2D eigenvalue weighted by Crippen LogP contribution is 2.24. The first-order chi connectivity index (χ1) is 12.2. The molecule has 25 heavy (non-hydrogen) atoms. The van der Waals surface area contributed by atoms with Crippen molar-refractivity contribution in [1.29, 1.82) is 0 Å². The number of esters is 1. The molecule has 0 aliphatic carbocycles. The van der Waals surface area contributed by atoms with Gasteiger partial charge >= 0.3 is 12.0 Å². The minimum atomic E-state index is -0.493. The number of aromatic amines is 1. The van der Waals surface area contributed by atoms with Crippen molar-refractivity contribution in [3.05, 3.63) is 48.7 Å². The molecule has 0 radical (unpaired) electrons. The summed E-state index contributed by atoms with van der Waals surface area (Å²) in [6.45, 7) is 1.80. The minimum absolute atomic E-state index is 0.183.